The second-order valence-electron chi connectivity index (χ2n) is 5.67. The molecule has 0 heterocycles. The molecule has 19 heavy (non-hydrogen) atoms. The Morgan fingerprint density at radius 1 is 1.21 bits per heavy atom. The van der Waals surface area contributed by atoms with E-state index in [-0.39, 0.29) is 11.5 Å². The molecule has 4 heteroatoms. The average Bonchev–Trinajstić information content (AvgIpc) is 2.39. The Bertz CT molecular complexity index is 415. The van der Waals surface area contributed by atoms with Gasteiger partial charge in [0.15, 0.2) is 0 Å². The van der Waals surface area contributed by atoms with Crippen molar-refractivity contribution >= 4 is 19.2 Å². The van der Waals surface area contributed by atoms with Gasteiger partial charge in [-0.2, -0.15) is 0 Å². The normalized spacial score (nSPS) is 16.5. The van der Waals surface area contributed by atoms with Crippen LogP contribution in [0.1, 0.15) is 13.8 Å². The predicted molar refractivity (Wildman–Crippen MR) is 80.2 cm³/mol. The average molecular weight is 280 g/mol. The Labute approximate surface area is 116 Å². The highest BCUT2D eigenvalue weighted by molar-refractivity contribution is 6.91. The summed E-state index contributed by atoms with van der Waals surface area (Å²) in [5, 5.41) is 11.2. The van der Waals surface area contributed by atoms with E-state index in [0.29, 0.717) is 0 Å². The van der Waals surface area contributed by atoms with Gasteiger partial charge in [-0.15, -0.1) is 0 Å². The van der Waals surface area contributed by atoms with E-state index in [4.69, 9.17) is 4.74 Å². The molecule has 1 aromatic rings. The largest absolute Gasteiger partial charge is 0.469 e. The van der Waals surface area contributed by atoms with Gasteiger partial charge in [-0.05, 0) is 12.5 Å². The molecule has 3 nitrogen and oxygen atoms in total. The smallest absolute Gasteiger partial charge is 0.311 e. The Kier molecular flexibility index (Phi) is 5.32. The van der Waals surface area contributed by atoms with Crippen LogP contribution in [0.15, 0.2) is 30.3 Å². The number of hydrogen-bond acceptors (Lipinski definition) is 3. The molecule has 1 aromatic carbocycles. The summed E-state index contributed by atoms with van der Waals surface area (Å²) in [7, 11) is -0.472. The Morgan fingerprint density at radius 2 is 1.74 bits per heavy atom. The van der Waals surface area contributed by atoms with E-state index in [0.717, 1.165) is 0 Å². The fourth-order valence-electron chi connectivity index (χ4n) is 2.53. The van der Waals surface area contributed by atoms with Crippen molar-refractivity contribution in [2.45, 2.75) is 38.6 Å². The first-order valence-corrected chi connectivity index (χ1v) is 9.71. The molecule has 0 unspecified atom stereocenters. The SMILES string of the molecule is COC(=O)[C@@H]([C@@H](C)O)[C@H](C)[Si](C)(C)c1ccccc1. The van der Waals surface area contributed by atoms with Gasteiger partial charge in [-0.3, -0.25) is 4.79 Å². The number of rotatable bonds is 5. The molecule has 0 aliphatic carbocycles. The number of esters is 1. The quantitative estimate of drug-likeness (QED) is 0.664. The van der Waals surface area contributed by atoms with Crippen LogP contribution in [0, 0.1) is 5.92 Å². The first-order valence-electron chi connectivity index (χ1n) is 6.63. The number of aliphatic hydroxyl groups is 1. The van der Waals surface area contributed by atoms with Crippen molar-refractivity contribution in [2.24, 2.45) is 5.92 Å². The van der Waals surface area contributed by atoms with E-state index < -0.39 is 20.1 Å². The van der Waals surface area contributed by atoms with Crippen LogP contribution in [0.3, 0.4) is 0 Å². The zero-order valence-corrected chi connectivity index (χ0v) is 13.4. The topological polar surface area (TPSA) is 46.5 Å². The second kappa shape index (κ2) is 6.35. The van der Waals surface area contributed by atoms with Crippen molar-refractivity contribution in [2.75, 3.05) is 7.11 Å². The maximum absolute atomic E-state index is 11.9. The van der Waals surface area contributed by atoms with Crippen LogP contribution < -0.4 is 5.19 Å². The summed E-state index contributed by atoms with van der Waals surface area (Å²) in [5.41, 5.74) is 0.0994. The lowest BCUT2D eigenvalue weighted by Gasteiger charge is -2.36. The third kappa shape index (κ3) is 3.45. The van der Waals surface area contributed by atoms with Gasteiger partial charge >= 0.3 is 5.97 Å². The molecule has 0 spiro atoms. The molecular weight excluding hydrogens is 256 g/mol. The lowest BCUT2D eigenvalue weighted by Crippen LogP contribution is -2.50. The highest BCUT2D eigenvalue weighted by Crippen LogP contribution is 2.32. The van der Waals surface area contributed by atoms with E-state index in [1.165, 1.54) is 12.3 Å². The predicted octanol–water partition coefficient (Wildman–Crippen LogP) is 2.16. The van der Waals surface area contributed by atoms with E-state index in [1.54, 1.807) is 6.92 Å². The van der Waals surface area contributed by atoms with Crippen LogP contribution in [0.2, 0.25) is 18.6 Å². The number of aliphatic hydroxyl groups excluding tert-OH is 1. The van der Waals surface area contributed by atoms with E-state index >= 15 is 0 Å². The molecule has 1 rings (SSSR count). The van der Waals surface area contributed by atoms with Gasteiger partial charge in [-0.25, -0.2) is 0 Å². The summed E-state index contributed by atoms with van der Waals surface area (Å²) in [6.07, 6.45) is -0.696. The maximum Gasteiger partial charge on any atom is 0.311 e. The summed E-state index contributed by atoms with van der Waals surface area (Å²) in [6.45, 7) is 8.16. The maximum atomic E-state index is 11.9. The molecule has 1 N–H and O–H groups in total. The molecule has 0 saturated carbocycles. The van der Waals surface area contributed by atoms with Crippen LogP contribution in [-0.2, 0) is 9.53 Å². The minimum atomic E-state index is -1.85. The molecule has 3 atom stereocenters. The molecule has 0 aliphatic heterocycles. The van der Waals surface area contributed by atoms with Crippen molar-refractivity contribution in [3.63, 3.8) is 0 Å². The summed E-state index contributed by atoms with van der Waals surface area (Å²) in [5.74, 6) is -0.786. The molecule has 0 bridgehead atoms. The molecule has 106 valence electrons. The summed E-state index contributed by atoms with van der Waals surface area (Å²) < 4.78 is 4.85. The van der Waals surface area contributed by atoms with Gasteiger partial charge in [0.2, 0.25) is 0 Å². The monoisotopic (exact) mass is 280 g/mol. The van der Waals surface area contributed by atoms with Crippen LogP contribution in [-0.4, -0.2) is 32.4 Å². The number of carbonyl (C=O) groups is 1. The lowest BCUT2D eigenvalue weighted by atomic mass is 10.0. The van der Waals surface area contributed by atoms with Crippen LogP contribution in [0.4, 0.5) is 0 Å². The summed E-state index contributed by atoms with van der Waals surface area (Å²) in [4.78, 5) is 11.9. The molecule has 0 aliphatic rings. The van der Waals surface area contributed by atoms with E-state index in [9.17, 15) is 9.90 Å². The van der Waals surface area contributed by atoms with Crippen molar-refractivity contribution in [3.8, 4) is 0 Å². The molecule has 0 saturated heterocycles. The highest BCUT2D eigenvalue weighted by Gasteiger charge is 2.41. The fraction of sp³-hybridized carbons (Fsp3) is 0.533. The second-order valence-corrected chi connectivity index (χ2v) is 10.6. The number of methoxy groups -OCH3 is 1. The van der Waals surface area contributed by atoms with Crippen molar-refractivity contribution in [3.05, 3.63) is 30.3 Å². The van der Waals surface area contributed by atoms with Gasteiger partial charge in [0.1, 0.15) is 0 Å². The molecular formula is C15H24O3Si. The number of hydrogen-bond donors (Lipinski definition) is 1. The Hall–Kier alpha value is -1.13. The molecule has 0 fully saturated rings. The third-order valence-corrected chi connectivity index (χ3v) is 8.65. The first kappa shape index (κ1) is 15.9. The van der Waals surface area contributed by atoms with Crippen LogP contribution >= 0.6 is 0 Å². The van der Waals surface area contributed by atoms with Gasteiger partial charge < -0.3 is 9.84 Å². The zero-order valence-electron chi connectivity index (χ0n) is 12.4. The van der Waals surface area contributed by atoms with Crippen molar-refractivity contribution < 1.29 is 14.6 Å². The zero-order chi connectivity index (χ0) is 14.6. The van der Waals surface area contributed by atoms with E-state index in [2.05, 4.69) is 25.2 Å². The molecule has 0 radical (unpaired) electrons. The minimum Gasteiger partial charge on any atom is -0.469 e. The van der Waals surface area contributed by atoms with Crippen molar-refractivity contribution in [1.82, 2.24) is 0 Å². The van der Waals surface area contributed by atoms with Crippen molar-refractivity contribution in [1.29, 1.82) is 0 Å². The molecule has 0 aromatic heterocycles. The van der Waals surface area contributed by atoms with Gasteiger partial charge in [-0.1, -0.05) is 55.5 Å². The minimum absolute atomic E-state index is 0.0994. The lowest BCUT2D eigenvalue weighted by molar-refractivity contribution is -0.149. The summed E-state index contributed by atoms with van der Waals surface area (Å²) in [6, 6.07) is 10.3. The van der Waals surface area contributed by atoms with Gasteiger partial charge in [0.05, 0.1) is 27.2 Å². The van der Waals surface area contributed by atoms with Gasteiger partial charge in [0.25, 0.3) is 0 Å². The summed E-state index contributed by atoms with van der Waals surface area (Å²) >= 11 is 0. The first-order chi connectivity index (χ1) is 8.82. The van der Waals surface area contributed by atoms with Crippen LogP contribution in [0.5, 0.6) is 0 Å². The standard InChI is InChI=1S/C15H24O3Si/c1-11(16)14(15(17)18-3)12(2)19(4,5)13-9-7-6-8-10-13/h6-12,14,16H,1-5H3/t11-,12+,14+/m1/s1. The number of ether oxygens (including phenoxy) is 1. The number of benzene rings is 1. The Balaban J connectivity index is 3.08. The van der Waals surface area contributed by atoms with Gasteiger partial charge in [0, 0.05) is 0 Å². The highest BCUT2D eigenvalue weighted by atomic mass is 28.3. The molecule has 0 amide bonds. The van der Waals surface area contributed by atoms with Crippen LogP contribution in [0.25, 0.3) is 0 Å². The van der Waals surface area contributed by atoms with E-state index in [1.807, 2.05) is 25.1 Å². The third-order valence-electron chi connectivity index (χ3n) is 4.19. The number of carbonyl (C=O) groups excluding carboxylic acids is 1. The fourth-order valence-corrected chi connectivity index (χ4v) is 5.42. The Morgan fingerprint density at radius 3 is 2.16 bits per heavy atom.